The van der Waals surface area contributed by atoms with Crippen LogP contribution < -0.4 is 0 Å². The Kier molecular flexibility index (Phi) is 3.76. The molecule has 0 amide bonds. The Morgan fingerprint density at radius 2 is 1.78 bits per heavy atom. The zero-order chi connectivity index (χ0) is 17.0. The molecule has 2 aromatic rings. The van der Waals surface area contributed by atoms with E-state index in [-0.39, 0.29) is 16.1 Å². The average molecular weight is 397 g/mol. The standard InChI is InChI=1S/C16H17BrN2O3S/c1-10-15-13(8-16(2,3)9-14(15)20)19(18-10)23(21,22)12-6-4-11(17)5-7-12/h4-7H,8-9H2,1-3H3. The molecular weight excluding hydrogens is 380 g/mol. The van der Waals surface area contributed by atoms with E-state index in [1.54, 1.807) is 19.1 Å². The number of nitrogens with zero attached hydrogens (tertiary/aromatic N) is 2. The normalized spacial score (nSPS) is 17.1. The van der Waals surface area contributed by atoms with Crippen molar-refractivity contribution in [1.82, 2.24) is 9.19 Å². The molecule has 122 valence electrons. The van der Waals surface area contributed by atoms with Gasteiger partial charge in [-0.1, -0.05) is 29.8 Å². The molecular formula is C16H17BrN2O3S. The zero-order valence-corrected chi connectivity index (χ0v) is 15.5. The molecule has 0 saturated heterocycles. The third-order valence-corrected chi connectivity index (χ3v) is 6.18. The van der Waals surface area contributed by atoms with Crippen molar-refractivity contribution in [3.63, 3.8) is 0 Å². The van der Waals surface area contributed by atoms with Crippen LogP contribution in [0.5, 0.6) is 0 Å². The fourth-order valence-electron chi connectivity index (χ4n) is 3.01. The second-order valence-corrected chi connectivity index (χ2v) is 9.33. The molecule has 0 unspecified atom stereocenters. The summed E-state index contributed by atoms with van der Waals surface area (Å²) in [7, 11) is -3.82. The van der Waals surface area contributed by atoms with Gasteiger partial charge in [-0.3, -0.25) is 4.79 Å². The first kappa shape index (κ1) is 16.4. The average Bonchev–Trinajstić information content (AvgIpc) is 2.75. The summed E-state index contributed by atoms with van der Waals surface area (Å²) in [5, 5.41) is 4.17. The largest absolute Gasteiger partial charge is 0.294 e. The Morgan fingerprint density at radius 3 is 2.39 bits per heavy atom. The van der Waals surface area contributed by atoms with Crippen LogP contribution in [0.2, 0.25) is 0 Å². The highest BCUT2D eigenvalue weighted by Gasteiger charge is 2.38. The molecule has 1 aliphatic carbocycles. The molecule has 1 aromatic carbocycles. The van der Waals surface area contributed by atoms with Crippen molar-refractivity contribution in [1.29, 1.82) is 0 Å². The van der Waals surface area contributed by atoms with Crippen molar-refractivity contribution in [3.8, 4) is 0 Å². The van der Waals surface area contributed by atoms with E-state index in [0.717, 1.165) is 8.56 Å². The Bertz CT molecular complexity index is 896. The van der Waals surface area contributed by atoms with Crippen LogP contribution in [0.4, 0.5) is 0 Å². The molecule has 0 N–H and O–H groups in total. The molecule has 0 saturated carbocycles. The number of hydrogen-bond donors (Lipinski definition) is 0. The van der Waals surface area contributed by atoms with Crippen LogP contribution in [0.15, 0.2) is 33.6 Å². The van der Waals surface area contributed by atoms with E-state index in [9.17, 15) is 13.2 Å². The van der Waals surface area contributed by atoms with E-state index in [1.807, 2.05) is 13.8 Å². The van der Waals surface area contributed by atoms with Crippen molar-refractivity contribution < 1.29 is 13.2 Å². The number of aromatic nitrogens is 2. The summed E-state index contributed by atoms with van der Waals surface area (Å²) in [5.41, 5.74) is 1.15. The highest BCUT2D eigenvalue weighted by Crippen LogP contribution is 2.37. The topological polar surface area (TPSA) is 69.0 Å². The van der Waals surface area contributed by atoms with Crippen LogP contribution >= 0.6 is 15.9 Å². The van der Waals surface area contributed by atoms with Gasteiger partial charge >= 0.3 is 0 Å². The number of carbonyl (C=O) groups excluding carboxylic acids is 1. The first-order chi connectivity index (χ1) is 10.6. The van der Waals surface area contributed by atoms with Crippen LogP contribution in [0.1, 0.15) is 42.0 Å². The maximum atomic E-state index is 12.9. The molecule has 1 aliphatic rings. The monoisotopic (exact) mass is 396 g/mol. The fourth-order valence-corrected chi connectivity index (χ4v) is 4.63. The van der Waals surface area contributed by atoms with Crippen molar-refractivity contribution in [2.24, 2.45) is 5.41 Å². The Labute approximate surface area is 143 Å². The summed E-state index contributed by atoms with van der Waals surface area (Å²) in [5.74, 6) is -0.0361. The predicted octanol–water partition coefficient (Wildman–Crippen LogP) is 3.35. The van der Waals surface area contributed by atoms with E-state index in [2.05, 4.69) is 21.0 Å². The van der Waals surface area contributed by atoms with Crippen LogP contribution in [0.3, 0.4) is 0 Å². The number of benzene rings is 1. The molecule has 23 heavy (non-hydrogen) atoms. The summed E-state index contributed by atoms with van der Waals surface area (Å²) in [6.45, 7) is 5.61. The quantitative estimate of drug-likeness (QED) is 0.780. The van der Waals surface area contributed by atoms with Gasteiger partial charge in [0.2, 0.25) is 0 Å². The van der Waals surface area contributed by atoms with Gasteiger partial charge in [-0.25, -0.2) is 0 Å². The maximum absolute atomic E-state index is 12.9. The first-order valence-corrected chi connectivity index (χ1v) is 9.48. The second kappa shape index (κ2) is 5.27. The van der Waals surface area contributed by atoms with Crippen molar-refractivity contribution in [2.75, 3.05) is 0 Å². The molecule has 0 bridgehead atoms. The van der Waals surface area contributed by atoms with Gasteiger partial charge in [0.05, 0.1) is 21.8 Å². The van der Waals surface area contributed by atoms with Gasteiger partial charge in [-0.15, -0.1) is 0 Å². The number of rotatable bonds is 2. The van der Waals surface area contributed by atoms with Gasteiger partial charge in [0.25, 0.3) is 10.0 Å². The highest BCUT2D eigenvalue weighted by atomic mass is 79.9. The lowest BCUT2D eigenvalue weighted by molar-refractivity contribution is 0.0911. The van der Waals surface area contributed by atoms with E-state index in [1.165, 1.54) is 12.1 Å². The summed E-state index contributed by atoms with van der Waals surface area (Å²) in [6, 6.07) is 6.40. The summed E-state index contributed by atoms with van der Waals surface area (Å²) in [6.07, 6.45) is 0.912. The molecule has 0 atom stereocenters. The van der Waals surface area contributed by atoms with Crippen LogP contribution in [-0.4, -0.2) is 23.4 Å². The van der Waals surface area contributed by atoms with Gasteiger partial charge in [0.1, 0.15) is 0 Å². The molecule has 0 spiro atoms. The third kappa shape index (κ3) is 2.76. The summed E-state index contributed by atoms with van der Waals surface area (Å²) >= 11 is 3.29. The summed E-state index contributed by atoms with van der Waals surface area (Å²) in [4.78, 5) is 12.5. The number of carbonyl (C=O) groups is 1. The van der Waals surface area contributed by atoms with Gasteiger partial charge in [0.15, 0.2) is 5.78 Å². The van der Waals surface area contributed by atoms with Gasteiger partial charge < -0.3 is 0 Å². The van der Waals surface area contributed by atoms with Crippen molar-refractivity contribution >= 4 is 31.7 Å². The fraction of sp³-hybridized carbons (Fsp3) is 0.375. The zero-order valence-electron chi connectivity index (χ0n) is 13.1. The Balaban J connectivity index is 2.20. The number of halogens is 1. The van der Waals surface area contributed by atoms with Crippen LogP contribution in [-0.2, 0) is 16.4 Å². The lowest BCUT2D eigenvalue weighted by Crippen LogP contribution is -2.30. The Morgan fingerprint density at radius 1 is 1.17 bits per heavy atom. The number of hydrogen-bond acceptors (Lipinski definition) is 4. The van der Waals surface area contributed by atoms with E-state index >= 15 is 0 Å². The minimum Gasteiger partial charge on any atom is -0.294 e. The van der Waals surface area contributed by atoms with Gasteiger partial charge in [-0.2, -0.15) is 17.6 Å². The lowest BCUT2D eigenvalue weighted by Gasteiger charge is -2.28. The number of aryl methyl sites for hydroxylation is 1. The van der Waals surface area contributed by atoms with E-state index < -0.39 is 10.0 Å². The van der Waals surface area contributed by atoms with Crippen molar-refractivity contribution in [3.05, 3.63) is 45.7 Å². The van der Waals surface area contributed by atoms with E-state index in [4.69, 9.17) is 0 Å². The smallest absolute Gasteiger partial charge is 0.283 e. The SMILES string of the molecule is Cc1nn(S(=O)(=O)c2ccc(Br)cc2)c2c1C(=O)CC(C)(C)C2. The van der Waals surface area contributed by atoms with E-state index in [0.29, 0.717) is 29.8 Å². The highest BCUT2D eigenvalue weighted by molar-refractivity contribution is 9.10. The molecule has 3 rings (SSSR count). The molecule has 7 heteroatoms. The lowest BCUT2D eigenvalue weighted by atomic mass is 9.76. The molecule has 0 fully saturated rings. The number of ketones is 1. The molecule has 1 aromatic heterocycles. The molecule has 5 nitrogen and oxygen atoms in total. The van der Waals surface area contributed by atoms with Crippen molar-refractivity contribution in [2.45, 2.75) is 38.5 Å². The summed E-state index contributed by atoms with van der Waals surface area (Å²) < 4.78 is 27.7. The predicted molar refractivity (Wildman–Crippen MR) is 90.1 cm³/mol. The number of fused-ring (bicyclic) bond motifs is 1. The molecule has 0 radical (unpaired) electrons. The van der Waals surface area contributed by atoms with Crippen LogP contribution in [0.25, 0.3) is 0 Å². The number of Topliss-reactive ketones (excluding diaryl/α,β-unsaturated/α-hetero) is 1. The minimum atomic E-state index is -3.82. The van der Waals surface area contributed by atoms with Gasteiger partial charge in [-0.05, 0) is 43.0 Å². The minimum absolute atomic E-state index is 0.0361. The van der Waals surface area contributed by atoms with Crippen LogP contribution in [0, 0.1) is 12.3 Å². The van der Waals surface area contributed by atoms with Gasteiger partial charge in [0, 0.05) is 10.9 Å². The maximum Gasteiger partial charge on any atom is 0.283 e. The first-order valence-electron chi connectivity index (χ1n) is 7.25. The third-order valence-electron chi connectivity index (χ3n) is 4.03. The second-order valence-electron chi connectivity index (χ2n) is 6.65. The molecule has 1 heterocycles. The molecule has 0 aliphatic heterocycles. The Hall–Kier alpha value is -1.47.